The first-order valence-electron chi connectivity index (χ1n) is 23.3. The molecule has 65 heavy (non-hydrogen) atoms. The van der Waals surface area contributed by atoms with Gasteiger partial charge in [0, 0.05) is 70.0 Å². The van der Waals surface area contributed by atoms with E-state index < -0.39 is 0 Å². The first-order valence-corrected chi connectivity index (χ1v) is 24.1. The summed E-state index contributed by atoms with van der Waals surface area (Å²) in [5.74, 6) is 0. The fourth-order valence-corrected chi connectivity index (χ4v) is 12.5. The summed E-state index contributed by atoms with van der Waals surface area (Å²) in [6.07, 6.45) is 0. The molecule has 0 N–H and O–H groups in total. The molecule has 0 radical (unpaired) electrons. The molecule has 0 saturated heterocycles. The highest BCUT2D eigenvalue weighted by atomic mass is 32.1. The predicted molar refractivity (Wildman–Crippen MR) is 283 cm³/mol. The number of thiophene rings is 1. The number of para-hydroxylation sites is 2. The average molecular weight is 858 g/mol. The molecule has 316 valence electrons. The molecule has 0 aliphatic carbocycles. The second-order valence-electron chi connectivity index (χ2n) is 21.8. The standard InChI is InChI=1S/C60H52BN3S/c1-58(2,3)35-21-25-38(26-22-35)62-49-19-12-11-17-45(49)61-46-18-14-16-40-41-27-30-53-54(42-15-10-13-20-52(42)65-53)57(41)64(56(40)46)51-34-39(33-50(62)55(51)61)63-47-28-23-36(59(4,5)6)31-43(47)44-32-37(60(7,8)9)24-29-48(44)63/h10-34H,1-9H3. The van der Waals surface area contributed by atoms with Crippen molar-refractivity contribution in [2.75, 3.05) is 4.90 Å². The van der Waals surface area contributed by atoms with Crippen LogP contribution in [0.5, 0.6) is 0 Å². The fraction of sp³-hybridized carbons (Fsp3) is 0.200. The van der Waals surface area contributed by atoms with Crippen molar-refractivity contribution in [1.82, 2.24) is 9.13 Å². The van der Waals surface area contributed by atoms with Crippen LogP contribution in [0.15, 0.2) is 152 Å². The van der Waals surface area contributed by atoms with Gasteiger partial charge in [-0.15, -0.1) is 11.3 Å². The van der Waals surface area contributed by atoms with Crippen molar-refractivity contribution in [3.05, 3.63) is 168 Å². The molecule has 0 fully saturated rings. The Kier molecular flexibility index (Phi) is 7.80. The molecule has 5 heteroatoms. The van der Waals surface area contributed by atoms with Gasteiger partial charge in [0.1, 0.15) is 0 Å². The molecule has 0 spiro atoms. The van der Waals surface area contributed by atoms with E-state index in [4.69, 9.17) is 0 Å². The topological polar surface area (TPSA) is 13.1 Å². The molecule has 0 atom stereocenters. The Morgan fingerprint density at radius 2 is 0.985 bits per heavy atom. The van der Waals surface area contributed by atoms with Gasteiger partial charge >= 0.3 is 0 Å². The van der Waals surface area contributed by atoms with Gasteiger partial charge < -0.3 is 14.0 Å². The quantitative estimate of drug-likeness (QED) is 0.158. The van der Waals surface area contributed by atoms with E-state index in [2.05, 4.69) is 228 Å². The molecule has 13 rings (SSSR count). The number of hydrogen-bond donors (Lipinski definition) is 0. The van der Waals surface area contributed by atoms with E-state index >= 15 is 0 Å². The van der Waals surface area contributed by atoms with E-state index in [9.17, 15) is 0 Å². The molecule has 0 amide bonds. The van der Waals surface area contributed by atoms with Gasteiger partial charge in [0.2, 0.25) is 0 Å². The Bertz CT molecular complexity index is 3770. The van der Waals surface area contributed by atoms with Gasteiger partial charge in [-0.3, -0.25) is 0 Å². The van der Waals surface area contributed by atoms with Crippen LogP contribution in [0.25, 0.3) is 75.2 Å². The minimum Gasteiger partial charge on any atom is -0.311 e. The van der Waals surface area contributed by atoms with Crippen molar-refractivity contribution < 1.29 is 0 Å². The van der Waals surface area contributed by atoms with E-state index in [0.717, 1.165) is 5.69 Å². The third-order valence-electron chi connectivity index (χ3n) is 14.8. The third kappa shape index (κ3) is 5.42. The van der Waals surface area contributed by atoms with E-state index in [1.807, 2.05) is 11.3 Å². The number of rotatable bonds is 2. The van der Waals surface area contributed by atoms with E-state index in [1.165, 1.54) is 120 Å². The zero-order valence-corrected chi connectivity index (χ0v) is 39.6. The molecule has 2 aliphatic heterocycles. The summed E-state index contributed by atoms with van der Waals surface area (Å²) in [5, 5.41) is 7.88. The highest BCUT2D eigenvalue weighted by Gasteiger charge is 2.43. The largest absolute Gasteiger partial charge is 0.311 e. The number of fused-ring (bicyclic) bond motifs is 14. The van der Waals surface area contributed by atoms with Gasteiger partial charge in [0.15, 0.2) is 0 Å². The molecule has 2 aliphatic rings. The summed E-state index contributed by atoms with van der Waals surface area (Å²) in [6.45, 7) is 20.9. The van der Waals surface area contributed by atoms with Crippen LogP contribution in [0.4, 0.5) is 17.1 Å². The van der Waals surface area contributed by atoms with E-state index in [0.29, 0.717) is 0 Å². The Balaban J connectivity index is 1.21. The summed E-state index contributed by atoms with van der Waals surface area (Å²) in [5.41, 5.74) is 19.3. The average Bonchev–Trinajstić information content (AvgIpc) is 3.94. The summed E-state index contributed by atoms with van der Waals surface area (Å²) < 4.78 is 7.89. The monoisotopic (exact) mass is 857 g/mol. The predicted octanol–water partition coefficient (Wildman–Crippen LogP) is 14.8. The smallest absolute Gasteiger partial charge is 0.252 e. The molecular weight excluding hydrogens is 806 g/mol. The van der Waals surface area contributed by atoms with Gasteiger partial charge in [-0.25, -0.2) is 0 Å². The number of aromatic nitrogens is 2. The molecular formula is C60H52BN3S. The fourth-order valence-electron chi connectivity index (χ4n) is 11.4. The van der Waals surface area contributed by atoms with Crippen LogP contribution in [-0.2, 0) is 16.2 Å². The van der Waals surface area contributed by atoms with Crippen LogP contribution >= 0.6 is 11.3 Å². The molecule has 3 aromatic heterocycles. The highest BCUT2D eigenvalue weighted by molar-refractivity contribution is 7.26. The lowest BCUT2D eigenvalue weighted by atomic mass is 9.34. The number of hydrogen-bond acceptors (Lipinski definition) is 2. The molecule has 0 bridgehead atoms. The Morgan fingerprint density at radius 1 is 0.400 bits per heavy atom. The second-order valence-corrected chi connectivity index (χ2v) is 22.9. The van der Waals surface area contributed by atoms with Crippen LogP contribution in [0.2, 0.25) is 0 Å². The normalized spacial score (nSPS) is 13.9. The van der Waals surface area contributed by atoms with Crippen molar-refractivity contribution in [2.45, 2.75) is 78.6 Å². The molecule has 5 heterocycles. The van der Waals surface area contributed by atoms with E-state index in [1.54, 1.807) is 0 Å². The number of nitrogens with zero attached hydrogens (tertiary/aromatic N) is 3. The second kappa shape index (κ2) is 13.0. The Hall–Kier alpha value is -6.56. The third-order valence-corrected chi connectivity index (χ3v) is 15.9. The molecule has 11 aromatic rings. The summed E-state index contributed by atoms with van der Waals surface area (Å²) >= 11 is 1.90. The van der Waals surface area contributed by atoms with Crippen LogP contribution < -0.4 is 21.3 Å². The lowest BCUT2D eigenvalue weighted by molar-refractivity contribution is 0.590. The van der Waals surface area contributed by atoms with Gasteiger partial charge in [0.05, 0.1) is 22.2 Å². The zero-order valence-electron chi connectivity index (χ0n) is 38.8. The molecule has 3 nitrogen and oxygen atoms in total. The number of benzene rings is 8. The van der Waals surface area contributed by atoms with Crippen molar-refractivity contribution in [3.8, 4) is 11.4 Å². The highest BCUT2D eigenvalue weighted by Crippen LogP contribution is 2.47. The van der Waals surface area contributed by atoms with Crippen molar-refractivity contribution in [1.29, 1.82) is 0 Å². The van der Waals surface area contributed by atoms with Gasteiger partial charge in [-0.1, -0.05) is 147 Å². The lowest BCUT2D eigenvalue weighted by Crippen LogP contribution is -2.60. The summed E-state index contributed by atoms with van der Waals surface area (Å²) in [4.78, 5) is 2.57. The zero-order chi connectivity index (χ0) is 44.5. The van der Waals surface area contributed by atoms with E-state index in [-0.39, 0.29) is 23.0 Å². The lowest BCUT2D eigenvalue weighted by Gasteiger charge is -2.40. The maximum absolute atomic E-state index is 2.68. The number of anilines is 3. The van der Waals surface area contributed by atoms with Gasteiger partial charge in [-0.05, 0) is 116 Å². The molecule has 0 unspecified atom stereocenters. The molecule has 8 aromatic carbocycles. The maximum Gasteiger partial charge on any atom is 0.252 e. The van der Waals surface area contributed by atoms with Gasteiger partial charge in [0.25, 0.3) is 6.71 Å². The summed E-state index contributed by atoms with van der Waals surface area (Å²) in [7, 11) is 0. The van der Waals surface area contributed by atoms with Crippen LogP contribution in [0, 0.1) is 0 Å². The Morgan fingerprint density at radius 3 is 1.68 bits per heavy atom. The van der Waals surface area contributed by atoms with Crippen molar-refractivity contribution in [3.63, 3.8) is 0 Å². The van der Waals surface area contributed by atoms with Crippen molar-refractivity contribution in [2.24, 2.45) is 0 Å². The summed E-state index contributed by atoms with van der Waals surface area (Å²) in [6, 6.07) is 58.8. The SMILES string of the molecule is CC(C)(C)c1ccc(N2c3ccccc3B3c4c2cc(-n2c5ccc(C(C)(C)C)cc5c5cc(C(C)(C)C)ccc52)cc4-n2c4c3cccc4c3ccc4sc5ccccc5c4c32)cc1. The maximum atomic E-state index is 2.68. The Labute approximate surface area is 385 Å². The van der Waals surface area contributed by atoms with Crippen LogP contribution in [0.3, 0.4) is 0 Å². The molecule has 0 saturated carbocycles. The van der Waals surface area contributed by atoms with Crippen LogP contribution in [-0.4, -0.2) is 15.8 Å². The first kappa shape index (κ1) is 38.9. The first-order chi connectivity index (χ1) is 31.1. The minimum atomic E-state index is 0.0110. The van der Waals surface area contributed by atoms with Crippen molar-refractivity contribution >= 4 is 115 Å². The minimum absolute atomic E-state index is 0.0110. The van der Waals surface area contributed by atoms with Gasteiger partial charge in [-0.2, -0.15) is 0 Å². The van der Waals surface area contributed by atoms with Crippen LogP contribution in [0.1, 0.15) is 79.0 Å².